The zero-order valence-corrected chi connectivity index (χ0v) is 24.5. The third-order valence-electron chi connectivity index (χ3n) is 7.90. The first-order valence-corrected chi connectivity index (χ1v) is 14.1. The van der Waals surface area contributed by atoms with Gasteiger partial charge < -0.3 is 14.5 Å². The molecule has 226 valence electrons. The molecule has 1 amide bonds. The summed E-state index contributed by atoms with van der Waals surface area (Å²) in [5, 5.41) is 4.00. The average molecular weight is 593 g/mol. The van der Waals surface area contributed by atoms with Crippen molar-refractivity contribution in [2.24, 2.45) is 0 Å². The zero-order chi connectivity index (χ0) is 30.7. The first-order chi connectivity index (χ1) is 20.6. The molecule has 0 bridgehead atoms. The van der Waals surface area contributed by atoms with E-state index in [4.69, 9.17) is 4.74 Å². The van der Waals surface area contributed by atoms with E-state index in [1.54, 1.807) is 29.2 Å². The standard InChI is InChI=1S/C32H35F3N6O2/c1-5-15-38(3)21-27(23-9-7-6-8-10-23)39-16-18-40(19-17-39)31(42)26-20-36-41-29(32(33,34)35)22(2)28(37-30(26)41)24-11-13-25(43-4)14-12-24/h5-14,20,27H,1,15-19,21H2,2-4H3/t27-/m0/s1. The third kappa shape index (κ3) is 6.28. The molecule has 0 saturated carbocycles. The lowest BCUT2D eigenvalue weighted by Crippen LogP contribution is -2.51. The van der Waals surface area contributed by atoms with Crippen molar-refractivity contribution in [2.45, 2.75) is 19.1 Å². The molecule has 1 atom stereocenters. The number of piperazine rings is 1. The number of ether oxygens (including phenoxy) is 1. The number of amides is 1. The van der Waals surface area contributed by atoms with E-state index >= 15 is 0 Å². The van der Waals surface area contributed by atoms with Gasteiger partial charge in [-0.2, -0.15) is 18.3 Å². The van der Waals surface area contributed by atoms with Gasteiger partial charge in [-0.1, -0.05) is 36.4 Å². The van der Waals surface area contributed by atoms with Crippen LogP contribution in [0.1, 0.15) is 33.2 Å². The van der Waals surface area contributed by atoms with Crippen LogP contribution in [0, 0.1) is 6.92 Å². The molecular formula is C32H35F3N6O2. The summed E-state index contributed by atoms with van der Waals surface area (Å²) in [6, 6.07) is 17.0. The Labute approximate surface area is 249 Å². The van der Waals surface area contributed by atoms with E-state index in [2.05, 4.69) is 38.6 Å². The number of halogens is 3. The Kier molecular flexibility index (Phi) is 8.84. The SMILES string of the molecule is C=CCN(C)C[C@@H](c1ccccc1)N1CCN(C(=O)c2cnn3c(C(F)(F)F)c(C)c(-c4ccc(OC)cc4)nc23)CC1. The normalized spacial score (nSPS) is 15.2. The number of methoxy groups -OCH3 is 1. The molecule has 2 aromatic heterocycles. The Morgan fingerprint density at radius 1 is 1.09 bits per heavy atom. The van der Waals surface area contributed by atoms with E-state index in [0.29, 0.717) is 37.5 Å². The fourth-order valence-electron chi connectivity index (χ4n) is 5.69. The van der Waals surface area contributed by atoms with Gasteiger partial charge in [0.05, 0.1) is 19.0 Å². The van der Waals surface area contributed by atoms with Crippen molar-refractivity contribution in [2.75, 3.05) is 53.4 Å². The van der Waals surface area contributed by atoms with Crippen molar-refractivity contribution in [3.05, 3.63) is 95.8 Å². The van der Waals surface area contributed by atoms with Gasteiger partial charge >= 0.3 is 6.18 Å². The molecule has 2 aromatic carbocycles. The number of aromatic nitrogens is 3. The second-order valence-corrected chi connectivity index (χ2v) is 10.7. The number of likely N-dealkylation sites (N-methyl/N-ethyl adjacent to an activating group) is 1. The number of carbonyl (C=O) groups is 1. The number of alkyl halides is 3. The Morgan fingerprint density at radius 2 is 1.77 bits per heavy atom. The molecule has 1 aliphatic heterocycles. The molecule has 0 N–H and O–H groups in total. The Morgan fingerprint density at radius 3 is 2.37 bits per heavy atom. The minimum Gasteiger partial charge on any atom is -0.497 e. The van der Waals surface area contributed by atoms with E-state index in [1.165, 1.54) is 25.8 Å². The number of hydrogen-bond acceptors (Lipinski definition) is 6. The summed E-state index contributed by atoms with van der Waals surface area (Å²) in [6.07, 6.45) is -1.65. The molecule has 0 aliphatic carbocycles. The summed E-state index contributed by atoms with van der Waals surface area (Å²) >= 11 is 0. The third-order valence-corrected chi connectivity index (χ3v) is 7.90. The largest absolute Gasteiger partial charge is 0.497 e. The molecule has 1 aliphatic rings. The Balaban J connectivity index is 1.43. The minimum absolute atomic E-state index is 0.0408. The lowest BCUT2D eigenvalue weighted by Gasteiger charge is -2.40. The van der Waals surface area contributed by atoms with Crippen molar-refractivity contribution < 1.29 is 22.7 Å². The van der Waals surface area contributed by atoms with E-state index in [-0.39, 0.29) is 34.4 Å². The molecule has 8 nitrogen and oxygen atoms in total. The van der Waals surface area contributed by atoms with Gasteiger partial charge in [0.1, 0.15) is 11.3 Å². The monoisotopic (exact) mass is 592 g/mol. The van der Waals surface area contributed by atoms with Crippen LogP contribution in [0.15, 0.2) is 73.4 Å². The maximum absolute atomic E-state index is 14.3. The molecule has 1 fully saturated rings. The fraction of sp³-hybridized carbons (Fsp3) is 0.344. The number of rotatable bonds is 9. The van der Waals surface area contributed by atoms with E-state index in [1.807, 2.05) is 31.3 Å². The van der Waals surface area contributed by atoms with Crippen LogP contribution in [0.2, 0.25) is 0 Å². The lowest BCUT2D eigenvalue weighted by molar-refractivity contribution is -0.143. The van der Waals surface area contributed by atoms with Gasteiger partial charge in [0.25, 0.3) is 5.91 Å². The molecule has 0 spiro atoms. The topological polar surface area (TPSA) is 66.2 Å². The number of hydrogen-bond donors (Lipinski definition) is 0. The molecule has 0 unspecified atom stereocenters. The smallest absolute Gasteiger partial charge is 0.433 e. The highest BCUT2D eigenvalue weighted by molar-refractivity contribution is 6.00. The summed E-state index contributed by atoms with van der Waals surface area (Å²) in [5.41, 5.74) is 0.689. The summed E-state index contributed by atoms with van der Waals surface area (Å²) in [4.78, 5) is 24.6. The average Bonchev–Trinajstić information content (AvgIpc) is 3.42. The van der Waals surface area contributed by atoms with Gasteiger partial charge in [-0.3, -0.25) is 9.69 Å². The molecule has 0 radical (unpaired) electrons. The highest BCUT2D eigenvalue weighted by Crippen LogP contribution is 2.37. The Hall–Kier alpha value is -4.22. The predicted molar refractivity (Wildman–Crippen MR) is 159 cm³/mol. The Bertz CT molecular complexity index is 1580. The number of nitrogens with zero attached hydrogens (tertiary/aromatic N) is 6. The lowest BCUT2D eigenvalue weighted by atomic mass is 10.0. The molecular weight excluding hydrogens is 557 g/mol. The van der Waals surface area contributed by atoms with Crippen LogP contribution in [-0.4, -0.2) is 88.6 Å². The summed E-state index contributed by atoms with van der Waals surface area (Å²) in [6.45, 7) is 8.83. The zero-order valence-electron chi connectivity index (χ0n) is 24.5. The van der Waals surface area contributed by atoms with Crippen molar-refractivity contribution in [1.82, 2.24) is 29.3 Å². The van der Waals surface area contributed by atoms with Crippen molar-refractivity contribution in [3.63, 3.8) is 0 Å². The minimum atomic E-state index is -4.71. The summed E-state index contributed by atoms with van der Waals surface area (Å²) in [5.74, 6) is 0.180. The van der Waals surface area contributed by atoms with Crippen LogP contribution in [0.5, 0.6) is 5.75 Å². The number of carbonyl (C=O) groups excluding carboxylic acids is 1. The van der Waals surface area contributed by atoms with Crippen molar-refractivity contribution in [3.8, 4) is 17.0 Å². The van der Waals surface area contributed by atoms with Crippen molar-refractivity contribution >= 4 is 11.6 Å². The van der Waals surface area contributed by atoms with Crippen LogP contribution in [0.3, 0.4) is 0 Å². The van der Waals surface area contributed by atoms with Crippen LogP contribution < -0.4 is 4.74 Å². The second kappa shape index (κ2) is 12.6. The summed E-state index contributed by atoms with van der Waals surface area (Å²) in [7, 11) is 3.56. The number of fused-ring (bicyclic) bond motifs is 1. The molecule has 5 rings (SSSR count). The van der Waals surface area contributed by atoms with Crippen LogP contribution >= 0.6 is 0 Å². The van der Waals surface area contributed by atoms with Crippen LogP contribution in [0.25, 0.3) is 16.9 Å². The summed E-state index contributed by atoms with van der Waals surface area (Å²) < 4.78 is 48.9. The predicted octanol–water partition coefficient (Wildman–Crippen LogP) is 5.35. The molecule has 4 aromatic rings. The van der Waals surface area contributed by atoms with Gasteiger partial charge in [0, 0.05) is 56.4 Å². The van der Waals surface area contributed by atoms with Gasteiger partial charge in [-0.25, -0.2) is 9.50 Å². The van der Waals surface area contributed by atoms with E-state index in [9.17, 15) is 18.0 Å². The second-order valence-electron chi connectivity index (χ2n) is 10.7. The molecule has 3 heterocycles. The fourth-order valence-corrected chi connectivity index (χ4v) is 5.69. The van der Waals surface area contributed by atoms with Gasteiger partial charge in [-0.15, -0.1) is 6.58 Å². The van der Waals surface area contributed by atoms with Gasteiger partial charge in [0.2, 0.25) is 0 Å². The highest BCUT2D eigenvalue weighted by atomic mass is 19.4. The molecule has 43 heavy (non-hydrogen) atoms. The van der Waals surface area contributed by atoms with E-state index in [0.717, 1.165) is 17.6 Å². The first kappa shape index (κ1) is 30.2. The maximum Gasteiger partial charge on any atom is 0.433 e. The van der Waals surface area contributed by atoms with Crippen molar-refractivity contribution in [1.29, 1.82) is 0 Å². The van der Waals surface area contributed by atoms with E-state index < -0.39 is 11.9 Å². The van der Waals surface area contributed by atoms with Gasteiger partial charge in [-0.05, 0) is 43.8 Å². The van der Waals surface area contributed by atoms with Crippen LogP contribution in [0.4, 0.5) is 13.2 Å². The highest BCUT2D eigenvalue weighted by Gasteiger charge is 2.39. The first-order valence-electron chi connectivity index (χ1n) is 14.1. The molecule has 1 saturated heterocycles. The van der Waals surface area contributed by atoms with Crippen LogP contribution in [-0.2, 0) is 6.18 Å². The van der Waals surface area contributed by atoms with Gasteiger partial charge in [0.15, 0.2) is 11.3 Å². The molecule has 11 heteroatoms. The number of benzene rings is 2. The maximum atomic E-state index is 14.3. The quantitative estimate of drug-likeness (QED) is 0.244.